The smallest absolute Gasteiger partial charge is 0.127 e. The Balaban J connectivity index is 2.34. The number of piperidine rings is 1. The van der Waals surface area contributed by atoms with E-state index in [-0.39, 0.29) is 5.41 Å². The molecule has 16 heavy (non-hydrogen) atoms. The van der Waals surface area contributed by atoms with Gasteiger partial charge in [-0.05, 0) is 38.3 Å². The molecule has 2 heteroatoms. The molecule has 0 aromatic heterocycles. The molecule has 0 amide bonds. The number of nitrogens with zero attached hydrogens (tertiary/aromatic N) is 1. The number of likely N-dealkylation sites (tertiary alicyclic amines) is 1. The summed E-state index contributed by atoms with van der Waals surface area (Å²) in [7, 11) is 0. The van der Waals surface area contributed by atoms with E-state index in [2.05, 4.69) is 25.7 Å². The summed E-state index contributed by atoms with van der Waals surface area (Å²) in [5.41, 5.74) is -0.127. The van der Waals surface area contributed by atoms with Crippen LogP contribution in [0.25, 0.3) is 0 Å². The van der Waals surface area contributed by atoms with Crippen LogP contribution in [0.4, 0.5) is 0 Å². The molecule has 0 aromatic rings. The van der Waals surface area contributed by atoms with Crippen molar-refractivity contribution in [2.45, 2.75) is 52.9 Å². The Bertz CT molecular complexity index is 209. The van der Waals surface area contributed by atoms with Crippen LogP contribution in [0.3, 0.4) is 0 Å². The lowest BCUT2D eigenvalue weighted by Crippen LogP contribution is -2.41. The summed E-state index contributed by atoms with van der Waals surface area (Å²) >= 11 is 0. The SMILES string of the molecule is CCCC1CCN(CC(C)(C=O)CC)CC1. The fourth-order valence-electron chi connectivity index (χ4n) is 2.58. The highest BCUT2D eigenvalue weighted by atomic mass is 16.1. The second-order valence-electron chi connectivity index (χ2n) is 5.63. The van der Waals surface area contributed by atoms with Crippen molar-refractivity contribution in [1.29, 1.82) is 0 Å². The lowest BCUT2D eigenvalue weighted by molar-refractivity contribution is -0.116. The maximum atomic E-state index is 11.1. The molecule has 1 aliphatic rings. The van der Waals surface area contributed by atoms with Crippen LogP contribution in [-0.4, -0.2) is 30.8 Å². The highest BCUT2D eigenvalue weighted by molar-refractivity contribution is 5.58. The van der Waals surface area contributed by atoms with Gasteiger partial charge in [-0.2, -0.15) is 0 Å². The van der Waals surface area contributed by atoms with Gasteiger partial charge in [-0.3, -0.25) is 0 Å². The molecule has 1 heterocycles. The summed E-state index contributed by atoms with van der Waals surface area (Å²) in [4.78, 5) is 13.5. The Kier molecular flexibility index (Phi) is 5.47. The molecule has 0 saturated carbocycles. The fraction of sp³-hybridized carbons (Fsp3) is 0.929. The van der Waals surface area contributed by atoms with Crippen LogP contribution in [-0.2, 0) is 4.79 Å². The second kappa shape index (κ2) is 6.39. The maximum Gasteiger partial charge on any atom is 0.127 e. The number of carbonyl (C=O) groups excluding carboxylic acids is 1. The monoisotopic (exact) mass is 225 g/mol. The van der Waals surface area contributed by atoms with Crippen LogP contribution in [0.1, 0.15) is 52.9 Å². The van der Waals surface area contributed by atoms with Crippen LogP contribution < -0.4 is 0 Å². The third kappa shape index (κ3) is 3.89. The Morgan fingerprint density at radius 1 is 1.31 bits per heavy atom. The fourth-order valence-corrected chi connectivity index (χ4v) is 2.58. The molecule has 1 aliphatic heterocycles. The lowest BCUT2D eigenvalue weighted by Gasteiger charge is -2.36. The van der Waals surface area contributed by atoms with E-state index in [4.69, 9.17) is 0 Å². The molecule has 2 nitrogen and oxygen atoms in total. The van der Waals surface area contributed by atoms with Crippen LogP contribution in [0, 0.1) is 11.3 Å². The number of aldehydes is 1. The lowest BCUT2D eigenvalue weighted by atomic mass is 9.86. The summed E-state index contributed by atoms with van der Waals surface area (Å²) in [6, 6.07) is 0. The predicted octanol–water partition coefficient (Wildman–Crippen LogP) is 3.11. The van der Waals surface area contributed by atoms with Gasteiger partial charge < -0.3 is 9.69 Å². The zero-order chi connectivity index (χ0) is 12.0. The average Bonchev–Trinajstić information content (AvgIpc) is 2.32. The molecule has 1 saturated heterocycles. The molecule has 0 N–H and O–H groups in total. The van der Waals surface area contributed by atoms with E-state index in [0.29, 0.717) is 0 Å². The number of carbonyl (C=O) groups is 1. The number of hydrogen-bond donors (Lipinski definition) is 0. The third-order valence-corrected chi connectivity index (χ3v) is 4.08. The van der Waals surface area contributed by atoms with Crippen LogP contribution in [0.2, 0.25) is 0 Å². The first-order chi connectivity index (χ1) is 7.63. The van der Waals surface area contributed by atoms with Crippen LogP contribution in [0.15, 0.2) is 0 Å². The highest BCUT2D eigenvalue weighted by Gasteiger charge is 2.27. The van der Waals surface area contributed by atoms with Crippen molar-refractivity contribution in [3.05, 3.63) is 0 Å². The van der Waals surface area contributed by atoms with E-state index in [0.717, 1.165) is 25.2 Å². The van der Waals surface area contributed by atoms with Crippen molar-refractivity contribution in [3.8, 4) is 0 Å². The zero-order valence-electron chi connectivity index (χ0n) is 11.2. The molecule has 0 aromatic carbocycles. The number of rotatable bonds is 6. The standard InChI is InChI=1S/C14H27NO/c1-4-6-13-7-9-15(10-8-13)11-14(3,5-2)12-16/h12-13H,4-11H2,1-3H3. The Labute approximate surface area is 100 Å². The van der Waals surface area contributed by atoms with Gasteiger partial charge >= 0.3 is 0 Å². The first-order valence-corrected chi connectivity index (χ1v) is 6.82. The summed E-state index contributed by atoms with van der Waals surface area (Å²) in [5.74, 6) is 0.936. The van der Waals surface area contributed by atoms with Crippen molar-refractivity contribution in [1.82, 2.24) is 4.90 Å². The van der Waals surface area contributed by atoms with E-state index >= 15 is 0 Å². The topological polar surface area (TPSA) is 20.3 Å². The molecular weight excluding hydrogens is 198 g/mol. The number of hydrogen-bond acceptors (Lipinski definition) is 2. The Morgan fingerprint density at radius 3 is 2.38 bits per heavy atom. The van der Waals surface area contributed by atoms with Crippen molar-refractivity contribution >= 4 is 6.29 Å². The van der Waals surface area contributed by atoms with Gasteiger partial charge in [-0.25, -0.2) is 0 Å². The van der Waals surface area contributed by atoms with Crippen molar-refractivity contribution in [2.75, 3.05) is 19.6 Å². The summed E-state index contributed by atoms with van der Waals surface area (Å²) in [5, 5.41) is 0. The van der Waals surface area contributed by atoms with Gasteiger partial charge in [-0.1, -0.05) is 33.6 Å². The van der Waals surface area contributed by atoms with E-state index < -0.39 is 0 Å². The Hall–Kier alpha value is -0.370. The minimum absolute atomic E-state index is 0.127. The molecule has 1 rings (SSSR count). The molecule has 94 valence electrons. The van der Waals surface area contributed by atoms with Crippen LogP contribution in [0.5, 0.6) is 0 Å². The average molecular weight is 225 g/mol. The highest BCUT2D eigenvalue weighted by Crippen LogP contribution is 2.25. The molecule has 0 radical (unpaired) electrons. The molecule has 0 spiro atoms. The summed E-state index contributed by atoms with van der Waals surface area (Å²) in [6.07, 6.45) is 7.44. The molecule has 0 aliphatic carbocycles. The molecule has 1 unspecified atom stereocenters. The van der Waals surface area contributed by atoms with Crippen molar-refractivity contribution in [2.24, 2.45) is 11.3 Å². The van der Waals surface area contributed by atoms with E-state index in [1.165, 1.54) is 38.8 Å². The first kappa shape index (κ1) is 13.7. The van der Waals surface area contributed by atoms with Gasteiger partial charge in [0.25, 0.3) is 0 Å². The molecular formula is C14H27NO. The third-order valence-electron chi connectivity index (χ3n) is 4.08. The quantitative estimate of drug-likeness (QED) is 0.647. The van der Waals surface area contributed by atoms with E-state index in [1.807, 2.05) is 0 Å². The zero-order valence-corrected chi connectivity index (χ0v) is 11.2. The second-order valence-corrected chi connectivity index (χ2v) is 5.63. The maximum absolute atomic E-state index is 11.1. The molecule has 1 atom stereocenters. The largest absolute Gasteiger partial charge is 0.303 e. The van der Waals surface area contributed by atoms with Gasteiger partial charge in [0, 0.05) is 12.0 Å². The first-order valence-electron chi connectivity index (χ1n) is 6.82. The van der Waals surface area contributed by atoms with Gasteiger partial charge in [0.15, 0.2) is 0 Å². The normalized spacial score (nSPS) is 22.9. The van der Waals surface area contributed by atoms with Crippen molar-refractivity contribution in [3.63, 3.8) is 0 Å². The predicted molar refractivity (Wildman–Crippen MR) is 68.5 cm³/mol. The van der Waals surface area contributed by atoms with Gasteiger partial charge in [0.2, 0.25) is 0 Å². The molecule has 0 bridgehead atoms. The summed E-state index contributed by atoms with van der Waals surface area (Å²) in [6.45, 7) is 9.79. The minimum Gasteiger partial charge on any atom is -0.303 e. The van der Waals surface area contributed by atoms with Gasteiger partial charge in [-0.15, -0.1) is 0 Å². The van der Waals surface area contributed by atoms with Crippen LogP contribution >= 0.6 is 0 Å². The van der Waals surface area contributed by atoms with E-state index in [9.17, 15) is 4.79 Å². The Morgan fingerprint density at radius 2 is 1.94 bits per heavy atom. The summed E-state index contributed by atoms with van der Waals surface area (Å²) < 4.78 is 0. The minimum atomic E-state index is -0.127. The van der Waals surface area contributed by atoms with Gasteiger partial charge in [0.05, 0.1) is 0 Å². The van der Waals surface area contributed by atoms with E-state index in [1.54, 1.807) is 0 Å². The van der Waals surface area contributed by atoms with Gasteiger partial charge in [0.1, 0.15) is 6.29 Å². The molecule has 1 fully saturated rings. The van der Waals surface area contributed by atoms with Crippen molar-refractivity contribution < 1.29 is 4.79 Å².